The Hall–Kier alpha value is -0.680. The number of nitrogens with zero attached hydrogens (tertiary/aromatic N) is 1. The van der Waals surface area contributed by atoms with Crippen LogP contribution in [-0.2, 0) is 15.7 Å². The normalized spacial score (nSPS) is 34.5. The molecule has 2 rings (SSSR count). The van der Waals surface area contributed by atoms with Crippen LogP contribution in [0.2, 0.25) is 0 Å². The quantitative estimate of drug-likeness (QED) is 0.590. The van der Waals surface area contributed by atoms with E-state index in [1.807, 2.05) is 6.20 Å². The maximum absolute atomic E-state index is 10.8. The zero-order chi connectivity index (χ0) is 8.39. The lowest BCUT2D eigenvalue weighted by atomic mass is 10.2. The predicted octanol–water partition coefficient (Wildman–Crippen LogP) is -0.291. The molecule has 0 aromatic carbocycles. The molecule has 12 heavy (non-hydrogen) atoms. The summed E-state index contributed by atoms with van der Waals surface area (Å²) in [6.45, 7) is 1.40. The maximum atomic E-state index is 10.8. The summed E-state index contributed by atoms with van der Waals surface area (Å²) in [5, 5.41) is 3.53. The minimum absolute atomic E-state index is 0.00901. The summed E-state index contributed by atoms with van der Waals surface area (Å²) in [6.07, 6.45) is 5.09. The van der Waals surface area contributed by atoms with Crippen LogP contribution in [-0.4, -0.2) is 24.2 Å². The number of hydrogen-bond donors (Lipinski definition) is 2. The van der Waals surface area contributed by atoms with E-state index < -0.39 is 0 Å². The zero-order valence-electron chi connectivity index (χ0n) is 6.62. The van der Waals surface area contributed by atoms with Crippen LogP contribution < -0.4 is 10.0 Å². The van der Waals surface area contributed by atoms with Gasteiger partial charge in [0.05, 0.1) is 11.8 Å². The number of carbonyl (C=O) groups is 1. The van der Waals surface area contributed by atoms with Gasteiger partial charge in [-0.15, -0.1) is 0 Å². The molecule has 2 aliphatic heterocycles. The van der Waals surface area contributed by atoms with E-state index >= 15 is 0 Å². The van der Waals surface area contributed by atoms with Gasteiger partial charge in [-0.05, 0) is 23.5 Å². The second-order valence-corrected chi connectivity index (χ2v) is 4.47. The second kappa shape index (κ2) is 3.37. The summed E-state index contributed by atoms with van der Waals surface area (Å²) in [4.78, 5) is 10.8. The van der Waals surface area contributed by atoms with E-state index in [1.165, 1.54) is 0 Å². The summed E-state index contributed by atoms with van der Waals surface area (Å²) in [6, 6.07) is 0. The van der Waals surface area contributed by atoms with Crippen molar-refractivity contribution in [3.05, 3.63) is 12.3 Å². The van der Waals surface area contributed by atoms with Crippen molar-refractivity contribution in [1.29, 1.82) is 0 Å². The first kappa shape index (κ1) is 7.94. The van der Waals surface area contributed by atoms with E-state index in [9.17, 15) is 4.79 Å². The molecule has 0 spiro atoms. The van der Waals surface area contributed by atoms with Crippen LogP contribution in [0.5, 0.6) is 0 Å². The third kappa shape index (κ3) is 1.56. The molecule has 0 aromatic rings. The van der Waals surface area contributed by atoms with Gasteiger partial charge in [-0.25, -0.2) is 4.72 Å². The Morgan fingerprint density at radius 1 is 1.67 bits per heavy atom. The smallest absolute Gasteiger partial charge is 0.267 e. The van der Waals surface area contributed by atoms with Gasteiger partial charge in [0.25, 0.3) is 5.91 Å². The van der Waals surface area contributed by atoms with Crippen LogP contribution in [0.1, 0.15) is 6.42 Å². The van der Waals surface area contributed by atoms with Crippen molar-refractivity contribution >= 4 is 16.8 Å². The van der Waals surface area contributed by atoms with Gasteiger partial charge >= 0.3 is 0 Å². The molecule has 2 aliphatic rings. The molecular weight excluding hydrogens is 174 g/mol. The monoisotopic (exact) mass is 185 g/mol. The minimum Gasteiger partial charge on any atom is -0.391 e. The molecule has 0 saturated heterocycles. The van der Waals surface area contributed by atoms with Crippen molar-refractivity contribution in [3.63, 3.8) is 0 Å². The lowest BCUT2D eigenvalue weighted by Crippen LogP contribution is -2.29. The van der Waals surface area contributed by atoms with E-state index in [0.717, 1.165) is 13.0 Å². The molecule has 0 fully saturated rings. The minimum atomic E-state index is -0.245. The van der Waals surface area contributed by atoms with Gasteiger partial charge in [0.15, 0.2) is 0 Å². The van der Waals surface area contributed by atoms with Gasteiger partial charge in [0, 0.05) is 6.54 Å². The van der Waals surface area contributed by atoms with Crippen molar-refractivity contribution in [2.75, 3.05) is 13.1 Å². The van der Waals surface area contributed by atoms with Gasteiger partial charge in [-0.2, -0.15) is 4.36 Å². The average Bonchev–Trinajstić information content (AvgIpc) is 2.54. The fourth-order valence-electron chi connectivity index (χ4n) is 1.25. The van der Waals surface area contributed by atoms with Crippen LogP contribution in [0.3, 0.4) is 0 Å². The Labute approximate surface area is 73.7 Å². The van der Waals surface area contributed by atoms with Gasteiger partial charge in [0.1, 0.15) is 0 Å². The SMILES string of the molecule is O=C1CNS(C2C=CNCC2)=N1. The molecular formula is C7H11N3OS. The van der Waals surface area contributed by atoms with E-state index in [1.54, 1.807) is 0 Å². The molecule has 5 heteroatoms. The number of nitrogens with one attached hydrogen (secondary N) is 2. The van der Waals surface area contributed by atoms with E-state index in [4.69, 9.17) is 0 Å². The standard InChI is InChI=1S/C7H11N3OS/c11-7-5-9-12(10-7)6-1-3-8-4-2-6/h1,3,6,8H,2,4-5H2,(H,9,10,11). The van der Waals surface area contributed by atoms with Gasteiger partial charge < -0.3 is 5.32 Å². The highest BCUT2D eigenvalue weighted by atomic mass is 32.2. The zero-order valence-corrected chi connectivity index (χ0v) is 7.43. The Morgan fingerprint density at radius 3 is 3.17 bits per heavy atom. The highest BCUT2D eigenvalue weighted by Gasteiger charge is 2.19. The molecule has 0 aromatic heterocycles. The second-order valence-electron chi connectivity index (χ2n) is 2.76. The average molecular weight is 185 g/mol. The highest BCUT2D eigenvalue weighted by molar-refractivity contribution is 7.86. The highest BCUT2D eigenvalue weighted by Crippen LogP contribution is 2.10. The lowest BCUT2D eigenvalue weighted by Gasteiger charge is -2.17. The topological polar surface area (TPSA) is 53.5 Å². The van der Waals surface area contributed by atoms with Crippen molar-refractivity contribution in [2.45, 2.75) is 11.7 Å². The summed E-state index contributed by atoms with van der Waals surface area (Å²) in [5.74, 6) is -0.00901. The number of carbonyl (C=O) groups excluding carboxylic acids is 1. The van der Waals surface area contributed by atoms with E-state index in [-0.39, 0.29) is 16.8 Å². The fraction of sp³-hybridized carbons (Fsp3) is 0.571. The van der Waals surface area contributed by atoms with Gasteiger partial charge in [-0.3, -0.25) is 4.79 Å². The Kier molecular flexibility index (Phi) is 2.23. The molecule has 1 amide bonds. The van der Waals surface area contributed by atoms with Crippen LogP contribution >= 0.6 is 0 Å². The van der Waals surface area contributed by atoms with Gasteiger partial charge in [0.2, 0.25) is 0 Å². The molecule has 2 N–H and O–H groups in total. The number of rotatable bonds is 1. The molecule has 2 unspecified atom stereocenters. The summed E-state index contributed by atoms with van der Waals surface area (Å²) >= 11 is 0. The first-order chi connectivity index (χ1) is 5.86. The fourth-order valence-corrected chi connectivity index (χ4v) is 2.79. The summed E-state index contributed by atoms with van der Waals surface area (Å²) in [7, 11) is -0.245. The summed E-state index contributed by atoms with van der Waals surface area (Å²) in [5.41, 5.74) is 0. The number of amides is 1. The van der Waals surface area contributed by atoms with E-state index in [2.05, 4.69) is 20.5 Å². The number of hydrogen-bond acceptors (Lipinski definition) is 3. The van der Waals surface area contributed by atoms with Crippen LogP contribution in [0.15, 0.2) is 16.6 Å². The van der Waals surface area contributed by atoms with Gasteiger partial charge in [-0.1, -0.05) is 6.08 Å². The maximum Gasteiger partial charge on any atom is 0.267 e. The van der Waals surface area contributed by atoms with Crippen molar-refractivity contribution in [3.8, 4) is 0 Å². The molecule has 0 bridgehead atoms. The predicted molar refractivity (Wildman–Crippen MR) is 48.4 cm³/mol. The van der Waals surface area contributed by atoms with Crippen LogP contribution in [0.4, 0.5) is 0 Å². The summed E-state index contributed by atoms with van der Waals surface area (Å²) < 4.78 is 7.12. The molecule has 4 nitrogen and oxygen atoms in total. The molecule has 66 valence electrons. The van der Waals surface area contributed by atoms with Crippen molar-refractivity contribution < 1.29 is 4.79 Å². The molecule has 0 saturated carbocycles. The molecule has 0 radical (unpaired) electrons. The van der Waals surface area contributed by atoms with Crippen LogP contribution in [0.25, 0.3) is 0 Å². The molecule has 0 aliphatic carbocycles. The Morgan fingerprint density at radius 2 is 2.58 bits per heavy atom. The first-order valence-corrected chi connectivity index (χ1v) is 5.22. The third-order valence-corrected chi connectivity index (χ3v) is 3.67. The van der Waals surface area contributed by atoms with Crippen molar-refractivity contribution in [1.82, 2.24) is 10.0 Å². The molecule has 2 atom stereocenters. The first-order valence-electron chi connectivity index (χ1n) is 3.97. The lowest BCUT2D eigenvalue weighted by molar-refractivity contribution is -0.116. The molecule has 2 heterocycles. The van der Waals surface area contributed by atoms with Crippen molar-refractivity contribution in [2.24, 2.45) is 4.36 Å². The van der Waals surface area contributed by atoms with E-state index in [0.29, 0.717) is 11.8 Å². The van der Waals surface area contributed by atoms with Crippen LogP contribution in [0, 0.1) is 0 Å². The Bertz CT molecular complexity index is 261. The largest absolute Gasteiger partial charge is 0.391 e. The Balaban J connectivity index is 2.08. The third-order valence-electron chi connectivity index (χ3n) is 1.86.